The van der Waals surface area contributed by atoms with Crippen LogP contribution < -0.4 is 10.6 Å². The number of hydrogen-bond acceptors (Lipinski definition) is 5. The molecule has 1 saturated heterocycles. The number of aryl methyl sites for hydroxylation is 1. The third-order valence-electron chi connectivity index (χ3n) is 5.50. The second-order valence-corrected chi connectivity index (χ2v) is 8.36. The Bertz CT molecular complexity index is 606. The van der Waals surface area contributed by atoms with Crippen molar-refractivity contribution in [1.82, 2.24) is 30.3 Å². The van der Waals surface area contributed by atoms with Gasteiger partial charge in [-0.15, -0.1) is 34.2 Å². The van der Waals surface area contributed by atoms with E-state index in [1.165, 1.54) is 0 Å². The number of nitrogens with one attached hydrogen (secondary N) is 2. The van der Waals surface area contributed by atoms with Gasteiger partial charge in [0.05, 0.1) is 18.7 Å². The first-order chi connectivity index (χ1) is 13.9. The zero-order valence-corrected chi connectivity index (χ0v) is 21.9. The summed E-state index contributed by atoms with van der Waals surface area (Å²) in [6, 6.07) is 1.26. The molecule has 1 aliphatic heterocycles. The van der Waals surface area contributed by atoms with E-state index in [1.54, 1.807) is 6.33 Å². The zero-order valence-electron chi connectivity index (χ0n) is 19.6. The van der Waals surface area contributed by atoms with E-state index < -0.39 is 0 Å². The molecule has 1 aromatic rings. The van der Waals surface area contributed by atoms with Crippen LogP contribution >= 0.6 is 24.0 Å². The van der Waals surface area contributed by atoms with Gasteiger partial charge in [-0.3, -0.25) is 9.89 Å². The van der Waals surface area contributed by atoms with Crippen LogP contribution in [-0.2, 0) is 17.7 Å². The lowest BCUT2D eigenvalue weighted by atomic mass is 10.1. The molecule has 1 aliphatic rings. The normalized spacial score (nSPS) is 18.2. The summed E-state index contributed by atoms with van der Waals surface area (Å²) < 4.78 is 7.93. The minimum absolute atomic E-state index is 0. The number of rotatable bonds is 11. The summed E-state index contributed by atoms with van der Waals surface area (Å²) in [7, 11) is 0. The Labute approximate surface area is 199 Å². The molecule has 0 bridgehead atoms. The Morgan fingerprint density at radius 1 is 1.30 bits per heavy atom. The molecule has 2 unspecified atom stereocenters. The molecule has 2 heterocycles. The van der Waals surface area contributed by atoms with Gasteiger partial charge in [0, 0.05) is 44.7 Å². The van der Waals surface area contributed by atoms with Crippen LogP contribution in [0, 0.1) is 0 Å². The highest BCUT2D eigenvalue weighted by Gasteiger charge is 2.23. The fourth-order valence-electron chi connectivity index (χ4n) is 3.88. The van der Waals surface area contributed by atoms with Crippen LogP contribution in [0.2, 0.25) is 0 Å². The molecule has 1 fully saturated rings. The molecule has 1 aromatic heterocycles. The summed E-state index contributed by atoms with van der Waals surface area (Å²) in [5.74, 6) is 1.86. The maximum Gasteiger partial charge on any atom is 0.191 e. The third kappa shape index (κ3) is 8.66. The van der Waals surface area contributed by atoms with E-state index in [4.69, 9.17) is 9.73 Å². The molecule has 8 nitrogen and oxygen atoms in total. The van der Waals surface area contributed by atoms with Gasteiger partial charge in [0.15, 0.2) is 5.96 Å². The molecule has 2 N–H and O–H groups in total. The number of aliphatic imine (C=N–C) groups is 1. The highest BCUT2D eigenvalue weighted by atomic mass is 127. The maximum absolute atomic E-state index is 5.84. The van der Waals surface area contributed by atoms with Gasteiger partial charge in [-0.1, -0.05) is 6.92 Å². The monoisotopic (exact) mass is 535 g/mol. The summed E-state index contributed by atoms with van der Waals surface area (Å²) in [6.07, 6.45) is 5.19. The SMILES string of the molecule is CCc1nncn1CCNC(=NCCN(C(C)C)C(C)C)NC(C)C1CCCO1.I. The molecule has 0 radical (unpaired) electrons. The van der Waals surface area contributed by atoms with Crippen LogP contribution in [0.15, 0.2) is 11.3 Å². The van der Waals surface area contributed by atoms with Gasteiger partial charge >= 0.3 is 0 Å². The molecule has 0 aromatic carbocycles. The van der Waals surface area contributed by atoms with E-state index in [9.17, 15) is 0 Å². The molecule has 0 amide bonds. The summed E-state index contributed by atoms with van der Waals surface area (Å²) in [5.41, 5.74) is 0. The van der Waals surface area contributed by atoms with Crippen LogP contribution in [0.25, 0.3) is 0 Å². The third-order valence-corrected chi connectivity index (χ3v) is 5.50. The van der Waals surface area contributed by atoms with Crippen LogP contribution in [0.1, 0.15) is 60.2 Å². The van der Waals surface area contributed by atoms with Crippen molar-refractivity contribution in [2.45, 2.75) is 91.6 Å². The Balaban J connectivity index is 0.00000450. The lowest BCUT2D eigenvalue weighted by molar-refractivity contribution is 0.0890. The fourth-order valence-corrected chi connectivity index (χ4v) is 3.88. The highest BCUT2D eigenvalue weighted by molar-refractivity contribution is 14.0. The van der Waals surface area contributed by atoms with Crippen LogP contribution in [0.3, 0.4) is 0 Å². The van der Waals surface area contributed by atoms with Gasteiger partial charge in [0.25, 0.3) is 0 Å². The first-order valence-corrected chi connectivity index (χ1v) is 11.2. The Hall–Kier alpha value is -0.940. The summed E-state index contributed by atoms with van der Waals surface area (Å²) in [4.78, 5) is 7.33. The van der Waals surface area contributed by atoms with E-state index in [1.807, 2.05) is 0 Å². The van der Waals surface area contributed by atoms with Crippen molar-refractivity contribution >= 4 is 29.9 Å². The van der Waals surface area contributed by atoms with E-state index >= 15 is 0 Å². The van der Waals surface area contributed by atoms with Crippen molar-refractivity contribution in [3.05, 3.63) is 12.2 Å². The van der Waals surface area contributed by atoms with Gasteiger partial charge in [-0.05, 0) is 47.5 Å². The van der Waals surface area contributed by atoms with Crippen molar-refractivity contribution in [3.63, 3.8) is 0 Å². The van der Waals surface area contributed by atoms with Gasteiger partial charge in [0.2, 0.25) is 0 Å². The Morgan fingerprint density at radius 3 is 2.63 bits per heavy atom. The lowest BCUT2D eigenvalue weighted by Gasteiger charge is -2.30. The van der Waals surface area contributed by atoms with Crippen molar-refractivity contribution in [2.75, 3.05) is 26.2 Å². The second kappa shape index (κ2) is 14.2. The van der Waals surface area contributed by atoms with Gasteiger partial charge < -0.3 is 19.9 Å². The molecule has 2 atom stereocenters. The molecule has 9 heteroatoms. The molecule has 0 saturated carbocycles. The maximum atomic E-state index is 5.84. The predicted octanol–water partition coefficient (Wildman–Crippen LogP) is 2.68. The van der Waals surface area contributed by atoms with Crippen molar-refractivity contribution in [2.24, 2.45) is 4.99 Å². The quantitative estimate of drug-likeness (QED) is 0.258. The molecular formula is C21H42IN7O. The topological polar surface area (TPSA) is 79.6 Å². The van der Waals surface area contributed by atoms with Crippen molar-refractivity contribution < 1.29 is 4.74 Å². The van der Waals surface area contributed by atoms with Crippen molar-refractivity contribution in [3.8, 4) is 0 Å². The molecule has 0 spiro atoms. The van der Waals surface area contributed by atoms with E-state index in [2.05, 4.69) is 71.8 Å². The van der Waals surface area contributed by atoms with Crippen LogP contribution in [-0.4, -0.2) is 76.1 Å². The number of nitrogens with zero attached hydrogens (tertiary/aromatic N) is 5. The standard InChI is InChI=1S/C21H41N7O.HI/c1-7-20-26-24-15-27(20)12-10-22-21(25-18(6)19-9-8-14-29-19)23-11-13-28(16(2)3)17(4)5;/h15-19H,7-14H2,1-6H3,(H2,22,23,25);1H. The average molecular weight is 536 g/mol. The molecule has 0 aliphatic carbocycles. The van der Waals surface area contributed by atoms with Gasteiger partial charge in [0.1, 0.15) is 12.2 Å². The van der Waals surface area contributed by atoms with E-state index in [0.717, 1.165) is 63.8 Å². The zero-order chi connectivity index (χ0) is 21.2. The summed E-state index contributed by atoms with van der Waals surface area (Å²) >= 11 is 0. The number of ether oxygens (including phenoxy) is 1. The Kier molecular flexibility index (Phi) is 12.8. The van der Waals surface area contributed by atoms with Crippen molar-refractivity contribution in [1.29, 1.82) is 0 Å². The predicted molar refractivity (Wildman–Crippen MR) is 134 cm³/mol. The Morgan fingerprint density at radius 2 is 2.03 bits per heavy atom. The van der Waals surface area contributed by atoms with E-state index in [0.29, 0.717) is 12.1 Å². The molecule has 174 valence electrons. The first kappa shape index (κ1) is 27.1. The van der Waals surface area contributed by atoms with Gasteiger partial charge in [-0.2, -0.15) is 0 Å². The highest BCUT2D eigenvalue weighted by Crippen LogP contribution is 2.15. The lowest BCUT2D eigenvalue weighted by Crippen LogP contribution is -2.48. The van der Waals surface area contributed by atoms with Crippen LogP contribution in [0.5, 0.6) is 0 Å². The number of guanidine groups is 1. The molecular weight excluding hydrogens is 493 g/mol. The number of aromatic nitrogens is 3. The van der Waals surface area contributed by atoms with Crippen LogP contribution in [0.4, 0.5) is 0 Å². The molecule has 30 heavy (non-hydrogen) atoms. The smallest absolute Gasteiger partial charge is 0.191 e. The minimum Gasteiger partial charge on any atom is -0.376 e. The van der Waals surface area contributed by atoms with E-state index in [-0.39, 0.29) is 36.1 Å². The van der Waals surface area contributed by atoms with Gasteiger partial charge in [-0.25, -0.2) is 0 Å². The number of halogens is 1. The molecule has 2 rings (SSSR count). The minimum atomic E-state index is 0. The largest absolute Gasteiger partial charge is 0.376 e. The second-order valence-electron chi connectivity index (χ2n) is 8.36. The average Bonchev–Trinajstić information content (AvgIpc) is 3.35. The fraction of sp³-hybridized carbons (Fsp3) is 0.857. The summed E-state index contributed by atoms with van der Waals surface area (Å²) in [5, 5.41) is 15.2. The number of hydrogen-bond donors (Lipinski definition) is 2. The summed E-state index contributed by atoms with van der Waals surface area (Å²) in [6.45, 7) is 17.4. The first-order valence-electron chi connectivity index (χ1n) is 11.2.